The fourth-order valence-corrected chi connectivity index (χ4v) is 2.33. The maximum Gasteiger partial charge on any atom is 0.159 e. The van der Waals surface area contributed by atoms with Crippen molar-refractivity contribution in [3.63, 3.8) is 0 Å². The molecule has 0 saturated carbocycles. The van der Waals surface area contributed by atoms with Gasteiger partial charge in [-0.15, -0.1) is 0 Å². The van der Waals surface area contributed by atoms with Crippen LogP contribution in [0.25, 0.3) is 11.3 Å². The number of hydrogen-bond donors (Lipinski definition) is 2. The van der Waals surface area contributed by atoms with Crippen molar-refractivity contribution in [3.05, 3.63) is 27.3 Å². The molecule has 0 radical (unpaired) electrons. The SMILES string of the molecule is COc1ccc(C(C)C)cc1-c1[nH]nc(N)c1I. The number of nitrogen functional groups attached to an aromatic ring is 1. The lowest BCUT2D eigenvalue weighted by Crippen LogP contribution is -1.94. The highest BCUT2D eigenvalue weighted by Crippen LogP contribution is 2.35. The maximum absolute atomic E-state index is 5.78. The van der Waals surface area contributed by atoms with Gasteiger partial charge in [-0.3, -0.25) is 5.10 Å². The van der Waals surface area contributed by atoms with Gasteiger partial charge < -0.3 is 10.5 Å². The average molecular weight is 357 g/mol. The maximum atomic E-state index is 5.78. The molecule has 1 aromatic carbocycles. The van der Waals surface area contributed by atoms with E-state index in [9.17, 15) is 0 Å². The third-order valence-electron chi connectivity index (χ3n) is 2.89. The van der Waals surface area contributed by atoms with Crippen LogP contribution in [0.4, 0.5) is 5.82 Å². The number of nitrogens with one attached hydrogen (secondary N) is 1. The molecule has 0 amide bonds. The van der Waals surface area contributed by atoms with Crippen molar-refractivity contribution in [1.82, 2.24) is 10.2 Å². The Bertz CT molecular complexity index is 563. The van der Waals surface area contributed by atoms with Crippen molar-refractivity contribution in [2.75, 3.05) is 12.8 Å². The predicted octanol–water partition coefficient (Wildman–Crippen LogP) is 3.40. The monoisotopic (exact) mass is 357 g/mol. The minimum Gasteiger partial charge on any atom is -0.496 e. The molecule has 0 spiro atoms. The zero-order chi connectivity index (χ0) is 13.3. The molecule has 2 rings (SSSR count). The van der Waals surface area contributed by atoms with Crippen molar-refractivity contribution in [1.29, 1.82) is 0 Å². The Labute approximate surface area is 120 Å². The minimum atomic E-state index is 0.465. The number of benzene rings is 1. The van der Waals surface area contributed by atoms with Crippen molar-refractivity contribution < 1.29 is 4.74 Å². The summed E-state index contributed by atoms with van der Waals surface area (Å²) in [5, 5.41) is 7.00. The van der Waals surface area contributed by atoms with E-state index in [4.69, 9.17) is 10.5 Å². The number of H-pyrrole nitrogens is 1. The summed E-state index contributed by atoms with van der Waals surface area (Å²) in [6.45, 7) is 4.33. The van der Waals surface area contributed by atoms with E-state index in [-0.39, 0.29) is 0 Å². The van der Waals surface area contributed by atoms with Crippen LogP contribution in [-0.2, 0) is 0 Å². The predicted molar refractivity (Wildman–Crippen MR) is 81.8 cm³/mol. The first-order chi connectivity index (χ1) is 8.54. The Balaban J connectivity index is 2.60. The number of anilines is 1. The van der Waals surface area contributed by atoms with E-state index in [1.54, 1.807) is 7.11 Å². The van der Waals surface area contributed by atoms with Gasteiger partial charge in [-0.2, -0.15) is 5.10 Å². The summed E-state index contributed by atoms with van der Waals surface area (Å²) in [7, 11) is 1.67. The van der Waals surface area contributed by atoms with E-state index in [0.29, 0.717) is 11.7 Å². The first-order valence-corrected chi connectivity index (χ1v) is 6.80. The fraction of sp³-hybridized carbons (Fsp3) is 0.308. The molecule has 0 bridgehead atoms. The molecule has 1 heterocycles. The number of ether oxygens (including phenoxy) is 1. The van der Waals surface area contributed by atoms with Crippen molar-refractivity contribution in [2.45, 2.75) is 19.8 Å². The summed E-state index contributed by atoms with van der Waals surface area (Å²) in [4.78, 5) is 0. The molecule has 0 unspecified atom stereocenters. The summed E-state index contributed by atoms with van der Waals surface area (Å²) < 4.78 is 6.33. The van der Waals surface area contributed by atoms with Crippen molar-refractivity contribution >= 4 is 28.4 Å². The molecule has 5 heteroatoms. The number of aromatic amines is 1. The molecule has 4 nitrogen and oxygen atoms in total. The first-order valence-electron chi connectivity index (χ1n) is 5.72. The van der Waals surface area contributed by atoms with Crippen LogP contribution in [0, 0.1) is 3.57 Å². The highest BCUT2D eigenvalue weighted by molar-refractivity contribution is 14.1. The highest BCUT2D eigenvalue weighted by Gasteiger charge is 2.15. The van der Waals surface area contributed by atoms with E-state index in [1.807, 2.05) is 6.07 Å². The van der Waals surface area contributed by atoms with Crippen LogP contribution in [0.1, 0.15) is 25.3 Å². The standard InChI is InChI=1S/C13H16IN3O/c1-7(2)8-4-5-10(18-3)9(6-8)12-11(14)13(15)17-16-12/h4-7H,1-3H3,(H3,15,16,17). The Hall–Kier alpha value is -1.24. The van der Waals surface area contributed by atoms with Gasteiger partial charge in [0.15, 0.2) is 5.82 Å². The second kappa shape index (κ2) is 5.17. The molecule has 0 aliphatic carbocycles. The van der Waals surface area contributed by atoms with Crippen LogP contribution in [0.3, 0.4) is 0 Å². The smallest absolute Gasteiger partial charge is 0.159 e. The molecule has 1 aromatic heterocycles. The van der Waals surface area contributed by atoms with Gasteiger partial charge in [-0.1, -0.05) is 19.9 Å². The van der Waals surface area contributed by atoms with Crippen LogP contribution in [-0.4, -0.2) is 17.3 Å². The Morgan fingerprint density at radius 3 is 2.61 bits per heavy atom. The van der Waals surface area contributed by atoms with Gasteiger partial charge >= 0.3 is 0 Å². The van der Waals surface area contributed by atoms with Crippen LogP contribution < -0.4 is 10.5 Å². The summed E-state index contributed by atoms with van der Waals surface area (Å²) in [5.74, 6) is 1.80. The van der Waals surface area contributed by atoms with Gasteiger partial charge in [0.2, 0.25) is 0 Å². The molecule has 0 aliphatic heterocycles. The number of nitrogens with two attached hydrogens (primary N) is 1. The lowest BCUT2D eigenvalue weighted by atomic mass is 9.99. The largest absolute Gasteiger partial charge is 0.496 e. The fourth-order valence-electron chi connectivity index (χ4n) is 1.80. The second-order valence-corrected chi connectivity index (χ2v) is 5.49. The summed E-state index contributed by atoms with van der Waals surface area (Å²) >= 11 is 2.19. The molecule has 3 N–H and O–H groups in total. The highest BCUT2D eigenvalue weighted by atomic mass is 127. The molecule has 0 saturated heterocycles. The number of rotatable bonds is 3. The summed E-state index contributed by atoms with van der Waals surface area (Å²) in [6, 6.07) is 6.19. The zero-order valence-corrected chi connectivity index (χ0v) is 12.8. The molecule has 0 fully saturated rings. The quantitative estimate of drug-likeness (QED) is 0.828. The van der Waals surface area contributed by atoms with Crippen LogP contribution in [0.2, 0.25) is 0 Å². The zero-order valence-electron chi connectivity index (χ0n) is 10.6. The minimum absolute atomic E-state index is 0.465. The van der Waals surface area contributed by atoms with E-state index >= 15 is 0 Å². The molecular formula is C13H16IN3O. The summed E-state index contributed by atoms with van der Waals surface area (Å²) in [6.07, 6.45) is 0. The molecule has 96 valence electrons. The Morgan fingerprint density at radius 2 is 2.11 bits per heavy atom. The van der Waals surface area contributed by atoms with E-state index in [2.05, 4.69) is 58.8 Å². The van der Waals surface area contributed by atoms with Gasteiger partial charge in [-0.25, -0.2) is 0 Å². The van der Waals surface area contributed by atoms with Gasteiger partial charge in [0.1, 0.15) is 5.75 Å². The van der Waals surface area contributed by atoms with E-state index < -0.39 is 0 Å². The molecule has 0 atom stereocenters. The second-order valence-electron chi connectivity index (χ2n) is 4.41. The number of nitrogens with zero attached hydrogens (tertiary/aromatic N) is 1. The molecule has 18 heavy (non-hydrogen) atoms. The Kier molecular flexibility index (Phi) is 3.79. The van der Waals surface area contributed by atoms with Crippen LogP contribution in [0.15, 0.2) is 18.2 Å². The van der Waals surface area contributed by atoms with Crippen molar-refractivity contribution in [2.24, 2.45) is 0 Å². The average Bonchev–Trinajstić information content (AvgIpc) is 2.69. The molecule has 2 aromatic rings. The van der Waals surface area contributed by atoms with Gasteiger partial charge in [0.05, 0.1) is 16.4 Å². The van der Waals surface area contributed by atoms with Gasteiger partial charge in [0.25, 0.3) is 0 Å². The van der Waals surface area contributed by atoms with E-state index in [1.165, 1.54) is 5.56 Å². The summed E-state index contributed by atoms with van der Waals surface area (Å²) in [5.41, 5.74) is 8.94. The number of hydrogen-bond acceptors (Lipinski definition) is 3. The normalized spacial score (nSPS) is 10.9. The number of halogens is 1. The van der Waals surface area contributed by atoms with E-state index in [0.717, 1.165) is 20.6 Å². The van der Waals surface area contributed by atoms with Crippen LogP contribution >= 0.6 is 22.6 Å². The van der Waals surface area contributed by atoms with Gasteiger partial charge in [-0.05, 0) is 46.2 Å². The topological polar surface area (TPSA) is 63.9 Å². The number of aromatic nitrogens is 2. The van der Waals surface area contributed by atoms with Gasteiger partial charge in [0, 0.05) is 5.56 Å². The first kappa shape index (κ1) is 13.2. The van der Waals surface area contributed by atoms with Crippen molar-refractivity contribution in [3.8, 4) is 17.0 Å². The molecule has 0 aliphatic rings. The third kappa shape index (κ3) is 2.31. The lowest BCUT2D eigenvalue weighted by molar-refractivity contribution is 0.416. The Morgan fingerprint density at radius 1 is 1.39 bits per heavy atom. The number of methoxy groups -OCH3 is 1. The third-order valence-corrected chi connectivity index (χ3v) is 3.98. The van der Waals surface area contributed by atoms with Crippen LogP contribution in [0.5, 0.6) is 5.75 Å². The molecular weight excluding hydrogens is 341 g/mol. The lowest BCUT2D eigenvalue weighted by Gasteiger charge is -2.12.